The third-order valence-electron chi connectivity index (χ3n) is 1.61. The van der Waals surface area contributed by atoms with Gasteiger partial charge in [-0.15, -0.1) is 21.8 Å². The summed E-state index contributed by atoms with van der Waals surface area (Å²) in [4.78, 5) is 3.94. The maximum atomic E-state index is 8.78. The zero-order chi connectivity index (χ0) is 9.26. The van der Waals surface area contributed by atoms with E-state index in [1.807, 2.05) is 6.07 Å². The van der Waals surface area contributed by atoms with Crippen molar-refractivity contribution in [2.75, 3.05) is 0 Å². The largest absolute Gasteiger partial charge is 0.256 e. The molecule has 0 spiro atoms. The van der Waals surface area contributed by atoms with Crippen molar-refractivity contribution in [2.45, 2.75) is 5.88 Å². The molecule has 0 N–H and O–H groups in total. The minimum Gasteiger partial charge on any atom is -0.252 e. The monoisotopic (exact) mass is 193 g/mol. The van der Waals surface area contributed by atoms with Crippen LogP contribution < -0.4 is 0 Å². The Morgan fingerprint density at radius 3 is 3.08 bits per heavy atom. The smallest absolute Gasteiger partial charge is 0.252 e. The molecule has 2 aromatic heterocycles. The highest BCUT2D eigenvalue weighted by molar-refractivity contribution is 6.16. The molecule has 0 unspecified atom stereocenters. The van der Waals surface area contributed by atoms with E-state index in [9.17, 15) is 0 Å². The van der Waals surface area contributed by atoms with Gasteiger partial charge < -0.3 is 0 Å². The zero-order valence-electron chi connectivity index (χ0n) is 6.48. The number of hydrogen-bond acceptors (Lipinski definition) is 4. The van der Waals surface area contributed by atoms with E-state index in [4.69, 9.17) is 16.9 Å². The van der Waals surface area contributed by atoms with E-state index in [0.717, 1.165) is 0 Å². The van der Waals surface area contributed by atoms with E-state index >= 15 is 0 Å². The predicted octanol–water partition coefficient (Wildman–Crippen LogP) is 0.735. The Morgan fingerprint density at radius 2 is 2.38 bits per heavy atom. The topological polar surface area (TPSA) is 66.9 Å². The highest BCUT2D eigenvalue weighted by Crippen LogP contribution is 2.06. The van der Waals surface area contributed by atoms with Crippen LogP contribution in [0.3, 0.4) is 0 Å². The van der Waals surface area contributed by atoms with Crippen LogP contribution in [0.1, 0.15) is 11.5 Å². The van der Waals surface area contributed by atoms with Gasteiger partial charge in [0.15, 0.2) is 5.82 Å². The quantitative estimate of drug-likeness (QED) is 0.627. The van der Waals surface area contributed by atoms with Crippen molar-refractivity contribution in [3.63, 3.8) is 0 Å². The molecular weight excluding hydrogens is 190 g/mol. The van der Waals surface area contributed by atoms with E-state index in [1.165, 1.54) is 10.6 Å². The zero-order valence-corrected chi connectivity index (χ0v) is 7.23. The summed E-state index contributed by atoms with van der Waals surface area (Å²) >= 11 is 5.62. The molecule has 64 valence electrons. The molecule has 0 saturated heterocycles. The first kappa shape index (κ1) is 7.95. The first-order valence-electron chi connectivity index (χ1n) is 3.52. The Hall–Kier alpha value is -1.67. The number of alkyl halides is 1. The first-order chi connectivity index (χ1) is 6.36. The van der Waals surface area contributed by atoms with Crippen LogP contribution in [0.5, 0.6) is 0 Å². The summed E-state index contributed by atoms with van der Waals surface area (Å²) < 4.78 is 1.53. The van der Waals surface area contributed by atoms with Crippen molar-refractivity contribution in [3.8, 4) is 6.07 Å². The maximum Gasteiger partial charge on any atom is 0.256 e. The fourth-order valence-electron chi connectivity index (χ4n) is 1.06. The molecule has 5 nitrogen and oxygen atoms in total. The minimum atomic E-state index is 0.210. The minimum absolute atomic E-state index is 0.210. The van der Waals surface area contributed by atoms with E-state index in [1.54, 1.807) is 6.07 Å². The summed E-state index contributed by atoms with van der Waals surface area (Å²) in [6, 6.07) is 3.60. The van der Waals surface area contributed by atoms with Gasteiger partial charge in [-0.2, -0.15) is 5.26 Å². The SMILES string of the molecule is N#Cc1ccnc2nnc(CCl)n12. The van der Waals surface area contributed by atoms with Gasteiger partial charge in [0.2, 0.25) is 0 Å². The van der Waals surface area contributed by atoms with Crippen molar-refractivity contribution in [3.05, 3.63) is 23.8 Å². The van der Waals surface area contributed by atoms with Gasteiger partial charge in [0.25, 0.3) is 5.78 Å². The van der Waals surface area contributed by atoms with Gasteiger partial charge >= 0.3 is 0 Å². The van der Waals surface area contributed by atoms with Gasteiger partial charge in [-0.25, -0.2) is 4.98 Å². The van der Waals surface area contributed by atoms with Crippen molar-refractivity contribution >= 4 is 17.4 Å². The fourth-order valence-corrected chi connectivity index (χ4v) is 1.23. The molecule has 0 aliphatic heterocycles. The average Bonchev–Trinajstić information content (AvgIpc) is 2.60. The Labute approximate surface area is 78.6 Å². The van der Waals surface area contributed by atoms with Crippen LogP contribution in [0.2, 0.25) is 0 Å². The molecule has 2 aromatic rings. The number of hydrogen-bond donors (Lipinski definition) is 0. The van der Waals surface area contributed by atoms with Gasteiger partial charge in [0.05, 0.1) is 5.88 Å². The Bertz CT molecular complexity index is 483. The lowest BCUT2D eigenvalue weighted by molar-refractivity contribution is 0.972. The number of halogens is 1. The lowest BCUT2D eigenvalue weighted by atomic mass is 10.4. The number of aromatic nitrogens is 4. The molecule has 6 heteroatoms. The molecule has 2 rings (SSSR count). The molecule has 13 heavy (non-hydrogen) atoms. The number of nitriles is 1. The van der Waals surface area contributed by atoms with Gasteiger partial charge in [0.1, 0.15) is 11.8 Å². The number of fused-ring (bicyclic) bond motifs is 1. The van der Waals surface area contributed by atoms with Crippen molar-refractivity contribution in [2.24, 2.45) is 0 Å². The standard InChI is InChI=1S/C7H4ClN5/c8-3-6-11-12-7-10-2-1-5(4-9)13(6)7/h1-2H,3H2. The third kappa shape index (κ3) is 1.12. The summed E-state index contributed by atoms with van der Waals surface area (Å²) in [6.07, 6.45) is 1.51. The molecule has 0 saturated carbocycles. The molecule has 0 radical (unpaired) electrons. The second-order valence-electron chi connectivity index (χ2n) is 2.33. The molecule has 0 aromatic carbocycles. The van der Waals surface area contributed by atoms with Crippen molar-refractivity contribution in [1.29, 1.82) is 5.26 Å². The van der Waals surface area contributed by atoms with Crippen LogP contribution in [0.4, 0.5) is 0 Å². The van der Waals surface area contributed by atoms with E-state index < -0.39 is 0 Å². The summed E-state index contributed by atoms with van der Waals surface area (Å²) in [5, 5.41) is 16.3. The predicted molar refractivity (Wildman–Crippen MR) is 45.1 cm³/mol. The lowest BCUT2D eigenvalue weighted by Gasteiger charge is -1.96. The molecule has 0 fully saturated rings. The molecule has 0 bridgehead atoms. The van der Waals surface area contributed by atoms with Crippen LogP contribution in [-0.4, -0.2) is 19.6 Å². The summed E-state index contributed by atoms with van der Waals surface area (Å²) in [7, 11) is 0. The van der Waals surface area contributed by atoms with E-state index in [-0.39, 0.29) is 5.88 Å². The lowest BCUT2D eigenvalue weighted by Crippen LogP contribution is -1.97. The highest BCUT2D eigenvalue weighted by Gasteiger charge is 2.07. The Balaban J connectivity index is 2.85. The molecule has 2 heterocycles. The van der Waals surface area contributed by atoms with E-state index in [0.29, 0.717) is 17.3 Å². The van der Waals surface area contributed by atoms with E-state index in [2.05, 4.69) is 15.2 Å². The van der Waals surface area contributed by atoms with Gasteiger partial charge in [-0.05, 0) is 6.07 Å². The second kappa shape index (κ2) is 2.99. The summed E-state index contributed by atoms with van der Waals surface area (Å²) in [5.74, 6) is 1.14. The molecular formula is C7H4ClN5. The Kier molecular flexibility index (Phi) is 1.83. The van der Waals surface area contributed by atoms with Crippen LogP contribution >= 0.6 is 11.6 Å². The number of rotatable bonds is 1. The Morgan fingerprint density at radius 1 is 1.54 bits per heavy atom. The van der Waals surface area contributed by atoms with Gasteiger partial charge in [-0.3, -0.25) is 4.40 Å². The van der Waals surface area contributed by atoms with Crippen molar-refractivity contribution in [1.82, 2.24) is 19.6 Å². The highest BCUT2D eigenvalue weighted by atomic mass is 35.5. The van der Waals surface area contributed by atoms with Crippen LogP contribution in [0, 0.1) is 11.3 Å². The average molecular weight is 194 g/mol. The maximum absolute atomic E-state index is 8.78. The number of nitrogens with zero attached hydrogens (tertiary/aromatic N) is 5. The fraction of sp³-hybridized carbons (Fsp3) is 0.143. The first-order valence-corrected chi connectivity index (χ1v) is 4.05. The summed E-state index contributed by atoms with van der Waals surface area (Å²) in [5.41, 5.74) is 0.436. The third-order valence-corrected chi connectivity index (χ3v) is 1.85. The summed E-state index contributed by atoms with van der Waals surface area (Å²) in [6.45, 7) is 0. The van der Waals surface area contributed by atoms with Crippen molar-refractivity contribution < 1.29 is 0 Å². The normalized spacial score (nSPS) is 10.2. The van der Waals surface area contributed by atoms with Gasteiger partial charge in [-0.1, -0.05) is 0 Å². The van der Waals surface area contributed by atoms with Gasteiger partial charge in [0, 0.05) is 6.20 Å². The second-order valence-corrected chi connectivity index (χ2v) is 2.59. The van der Waals surface area contributed by atoms with Crippen LogP contribution in [0.15, 0.2) is 12.3 Å². The van der Waals surface area contributed by atoms with Crippen LogP contribution in [-0.2, 0) is 5.88 Å². The molecule has 0 amide bonds. The molecule has 0 atom stereocenters. The molecule has 0 aliphatic rings. The molecule has 0 aliphatic carbocycles. The van der Waals surface area contributed by atoms with Crippen LogP contribution in [0.25, 0.3) is 5.78 Å².